The molecule has 2 atom stereocenters. The summed E-state index contributed by atoms with van der Waals surface area (Å²) in [6.07, 6.45) is -5.88. The van der Waals surface area contributed by atoms with Crippen LogP contribution in [0.5, 0.6) is 0 Å². The average molecular weight is 356 g/mol. The van der Waals surface area contributed by atoms with E-state index >= 15 is 0 Å². The Labute approximate surface area is 139 Å². The summed E-state index contributed by atoms with van der Waals surface area (Å²) in [4.78, 5) is 0. The van der Waals surface area contributed by atoms with Crippen LogP contribution < -0.4 is 0 Å². The molecule has 0 amide bonds. The van der Waals surface area contributed by atoms with Crippen LogP contribution >= 0.6 is 7.06 Å². The summed E-state index contributed by atoms with van der Waals surface area (Å²) in [5, 5.41) is 0. The number of hydrogen-bond donors (Lipinski definition) is 0. The fraction of sp³-hybridized carbons (Fsp3) is 0.333. The van der Waals surface area contributed by atoms with Gasteiger partial charge in [-0.1, -0.05) is 0 Å². The Morgan fingerprint density at radius 1 is 0.875 bits per heavy atom. The Balaban J connectivity index is 2.28. The van der Waals surface area contributed by atoms with E-state index in [1.807, 2.05) is 0 Å². The SMILES string of the molecule is CP1(C)(C)O[C@H](c2ccccc2)[C@](c2ccccc2)(C(F)(F)F)O1. The number of benzene rings is 2. The molecule has 0 unspecified atom stereocenters. The van der Waals surface area contributed by atoms with Gasteiger partial charge in [0.15, 0.2) is 0 Å². The van der Waals surface area contributed by atoms with Crippen LogP contribution in [-0.4, -0.2) is 26.2 Å². The van der Waals surface area contributed by atoms with E-state index in [0.29, 0.717) is 5.56 Å². The zero-order chi connectivity index (χ0) is 17.7. The van der Waals surface area contributed by atoms with Gasteiger partial charge in [0.05, 0.1) is 0 Å². The summed E-state index contributed by atoms with van der Waals surface area (Å²) < 4.78 is 54.9. The van der Waals surface area contributed by atoms with Crippen LogP contribution in [0.25, 0.3) is 0 Å². The van der Waals surface area contributed by atoms with Crippen molar-refractivity contribution in [3.63, 3.8) is 0 Å². The molecule has 1 fully saturated rings. The molecule has 0 bridgehead atoms. The van der Waals surface area contributed by atoms with Crippen molar-refractivity contribution in [1.82, 2.24) is 0 Å². The van der Waals surface area contributed by atoms with E-state index in [9.17, 15) is 13.2 Å². The maximum atomic E-state index is 14.4. The normalized spacial score (nSPS) is 30.4. The Hall–Kier alpha value is -1.42. The fourth-order valence-electron chi connectivity index (χ4n) is 3.17. The molecule has 24 heavy (non-hydrogen) atoms. The van der Waals surface area contributed by atoms with Gasteiger partial charge in [-0.15, -0.1) is 0 Å². The van der Waals surface area contributed by atoms with Crippen LogP contribution in [-0.2, 0) is 14.6 Å². The third-order valence-corrected chi connectivity index (χ3v) is 5.85. The molecule has 2 aromatic rings. The van der Waals surface area contributed by atoms with Crippen molar-refractivity contribution in [2.24, 2.45) is 0 Å². The van der Waals surface area contributed by atoms with E-state index < -0.39 is 24.9 Å². The molecule has 0 radical (unpaired) electrons. The van der Waals surface area contributed by atoms with Crippen LogP contribution in [0.15, 0.2) is 60.7 Å². The second kappa shape index (κ2) is 5.29. The maximum absolute atomic E-state index is 14.4. The van der Waals surface area contributed by atoms with Crippen LogP contribution in [0.4, 0.5) is 13.2 Å². The molecule has 1 heterocycles. The molecule has 0 aliphatic carbocycles. The Morgan fingerprint density at radius 2 is 1.38 bits per heavy atom. The number of alkyl halides is 3. The van der Waals surface area contributed by atoms with E-state index in [2.05, 4.69) is 0 Å². The van der Waals surface area contributed by atoms with Crippen LogP contribution in [0, 0.1) is 0 Å². The third-order valence-electron chi connectivity index (χ3n) is 4.02. The fourth-order valence-corrected chi connectivity index (χ4v) is 5.49. The third kappa shape index (κ3) is 2.85. The van der Waals surface area contributed by atoms with Crippen molar-refractivity contribution in [2.45, 2.75) is 17.9 Å². The zero-order valence-electron chi connectivity index (χ0n) is 13.7. The van der Waals surface area contributed by atoms with Crippen LogP contribution in [0.2, 0.25) is 0 Å². The van der Waals surface area contributed by atoms with Crippen molar-refractivity contribution in [3.05, 3.63) is 71.8 Å². The van der Waals surface area contributed by atoms with Crippen LogP contribution in [0.3, 0.4) is 0 Å². The van der Waals surface area contributed by atoms with E-state index in [0.717, 1.165) is 0 Å². The van der Waals surface area contributed by atoms with Gasteiger partial charge in [-0.25, -0.2) is 0 Å². The van der Waals surface area contributed by atoms with Gasteiger partial charge in [0.25, 0.3) is 0 Å². The molecule has 2 nitrogen and oxygen atoms in total. The van der Waals surface area contributed by atoms with Crippen molar-refractivity contribution < 1.29 is 22.2 Å². The van der Waals surface area contributed by atoms with E-state index in [4.69, 9.17) is 9.05 Å². The van der Waals surface area contributed by atoms with Crippen LogP contribution in [0.1, 0.15) is 17.2 Å². The molecule has 0 saturated carbocycles. The average Bonchev–Trinajstić information content (AvgIpc) is 2.77. The molecule has 0 spiro atoms. The molecule has 1 saturated heterocycles. The minimum absolute atomic E-state index is 0.0587. The van der Waals surface area contributed by atoms with E-state index in [1.54, 1.807) is 68.5 Å². The van der Waals surface area contributed by atoms with Gasteiger partial charge in [-0.3, -0.25) is 0 Å². The van der Waals surface area contributed by atoms with Crippen molar-refractivity contribution in [3.8, 4) is 0 Å². The molecule has 3 rings (SSSR count). The van der Waals surface area contributed by atoms with Crippen molar-refractivity contribution >= 4 is 7.06 Å². The quantitative estimate of drug-likeness (QED) is 0.661. The van der Waals surface area contributed by atoms with Gasteiger partial charge in [0.2, 0.25) is 0 Å². The minimum atomic E-state index is -4.63. The Morgan fingerprint density at radius 3 is 1.88 bits per heavy atom. The summed E-state index contributed by atoms with van der Waals surface area (Å²) in [6.45, 7) is 4.95. The van der Waals surface area contributed by atoms with Gasteiger partial charge in [-0.2, -0.15) is 0 Å². The molecular formula is C18H20F3O2P. The predicted octanol–water partition coefficient (Wildman–Crippen LogP) is 5.51. The molecule has 130 valence electrons. The summed E-state index contributed by atoms with van der Waals surface area (Å²) >= 11 is 0. The number of hydrogen-bond acceptors (Lipinski definition) is 2. The first kappa shape index (κ1) is 17.4. The Bertz CT molecular complexity index is 723. The van der Waals surface area contributed by atoms with Gasteiger partial charge in [-0.05, 0) is 0 Å². The summed E-state index contributed by atoms with van der Waals surface area (Å²) in [7, 11) is -3.41. The first-order valence-corrected chi connectivity index (χ1v) is 11.0. The zero-order valence-corrected chi connectivity index (χ0v) is 14.6. The topological polar surface area (TPSA) is 18.5 Å². The van der Waals surface area contributed by atoms with E-state index in [-0.39, 0.29) is 5.56 Å². The van der Waals surface area contributed by atoms with Gasteiger partial charge < -0.3 is 0 Å². The molecular weight excluding hydrogens is 336 g/mol. The number of halogens is 3. The summed E-state index contributed by atoms with van der Waals surface area (Å²) in [6, 6.07) is 16.2. The first-order chi connectivity index (χ1) is 11.0. The Kier molecular flexibility index (Phi) is 3.83. The van der Waals surface area contributed by atoms with Crippen molar-refractivity contribution in [2.75, 3.05) is 20.0 Å². The van der Waals surface area contributed by atoms with Gasteiger partial charge in [0, 0.05) is 0 Å². The first-order valence-electron chi connectivity index (χ1n) is 7.61. The standard InChI is InChI=1S/C18H20F3O2P/c1-24(2,3)22-16(14-10-6-4-7-11-14)17(23-24,18(19,20)21)15-12-8-5-9-13-15/h4-13,16H,1-3H3/t16-,17-/m1/s1. The molecule has 2 aromatic carbocycles. The molecule has 6 heteroatoms. The second-order valence-corrected chi connectivity index (χ2v) is 12.5. The molecule has 0 N–H and O–H groups in total. The van der Waals surface area contributed by atoms with Gasteiger partial charge >= 0.3 is 139 Å². The summed E-state index contributed by atoms with van der Waals surface area (Å²) in [5.74, 6) is 0. The predicted molar refractivity (Wildman–Crippen MR) is 90.2 cm³/mol. The van der Waals surface area contributed by atoms with Gasteiger partial charge in [0.1, 0.15) is 0 Å². The van der Waals surface area contributed by atoms with Crippen molar-refractivity contribution in [1.29, 1.82) is 0 Å². The number of rotatable bonds is 2. The summed E-state index contributed by atoms with van der Waals surface area (Å²) in [5.41, 5.74) is -2.01. The monoisotopic (exact) mass is 356 g/mol. The van der Waals surface area contributed by atoms with E-state index in [1.165, 1.54) is 12.1 Å². The molecule has 0 aromatic heterocycles. The second-order valence-electron chi connectivity index (χ2n) is 7.10. The molecule has 1 aliphatic heterocycles. The molecule has 1 aliphatic rings.